The molecule has 3 aromatic heterocycles. The number of aromatic nitrogens is 4. The van der Waals surface area contributed by atoms with Crippen molar-refractivity contribution in [1.82, 2.24) is 19.9 Å². The van der Waals surface area contributed by atoms with Crippen molar-refractivity contribution in [3.63, 3.8) is 0 Å². The molecule has 0 radical (unpaired) electrons. The molecule has 0 aromatic carbocycles. The molecule has 3 heterocycles. The Morgan fingerprint density at radius 1 is 1.22 bits per heavy atom. The number of pyridine rings is 1. The number of carbonyl (C=O) groups excluding carboxylic acids is 1. The SMILES string of the molecule is Nc1nc(-c2ncco2)c(Cl)nc1C(=O)CCc1ncccc1C(F)(F)F. The number of hydrogen-bond donors (Lipinski definition) is 1. The minimum atomic E-state index is -4.56. The van der Waals surface area contributed by atoms with Crippen LogP contribution in [0.2, 0.25) is 5.15 Å². The first-order chi connectivity index (χ1) is 12.8. The Morgan fingerprint density at radius 2 is 2.00 bits per heavy atom. The number of ketones is 1. The van der Waals surface area contributed by atoms with E-state index in [1.807, 2.05) is 0 Å². The Labute approximate surface area is 155 Å². The van der Waals surface area contributed by atoms with Crippen molar-refractivity contribution in [2.45, 2.75) is 19.0 Å². The topological polar surface area (TPSA) is 108 Å². The van der Waals surface area contributed by atoms with E-state index in [2.05, 4.69) is 19.9 Å². The second kappa shape index (κ2) is 7.31. The molecular formula is C16H11ClF3N5O2. The highest BCUT2D eigenvalue weighted by Gasteiger charge is 2.33. The summed E-state index contributed by atoms with van der Waals surface area (Å²) < 4.78 is 44.0. The molecular weight excluding hydrogens is 387 g/mol. The van der Waals surface area contributed by atoms with E-state index in [0.29, 0.717) is 0 Å². The van der Waals surface area contributed by atoms with E-state index >= 15 is 0 Å². The van der Waals surface area contributed by atoms with Crippen LogP contribution in [0.1, 0.15) is 28.2 Å². The van der Waals surface area contributed by atoms with Crippen LogP contribution in [0.3, 0.4) is 0 Å². The van der Waals surface area contributed by atoms with Crippen LogP contribution in [0.15, 0.2) is 35.2 Å². The predicted molar refractivity (Wildman–Crippen MR) is 88.8 cm³/mol. The first kappa shape index (κ1) is 18.8. The lowest BCUT2D eigenvalue weighted by Crippen LogP contribution is -2.14. The van der Waals surface area contributed by atoms with Gasteiger partial charge in [-0.1, -0.05) is 11.6 Å². The molecule has 0 fully saturated rings. The van der Waals surface area contributed by atoms with Crippen LogP contribution in [0.5, 0.6) is 0 Å². The number of halogens is 4. The maximum absolute atomic E-state index is 13.0. The van der Waals surface area contributed by atoms with E-state index in [1.165, 1.54) is 24.7 Å². The van der Waals surface area contributed by atoms with Gasteiger partial charge in [-0.05, 0) is 18.6 Å². The summed E-state index contributed by atoms with van der Waals surface area (Å²) in [7, 11) is 0. The van der Waals surface area contributed by atoms with Crippen molar-refractivity contribution < 1.29 is 22.4 Å². The molecule has 27 heavy (non-hydrogen) atoms. The van der Waals surface area contributed by atoms with Gasteiger partial charge in [0.25, 0.3) is 0 Å². The fourth-order valence-electron chi connectivity index (χ4n) is 2.36. The molecule has 0 saturated carbocycles. The Bertz CT molecular complexity index is 977. The number of alkyl halides is 3. The number of rotatable bonds is 5. The molecule has 3 aromatic rings. The summed E-state index contributed by atoms with van der Waals surface area (Å²) in [5, 5.41) is -0.163. The third-order valence-electron chi connectivity index (χ3n) is 3.56. The number of Topliss-reactive ketones (excluding diaryl/α,β-unsaturated/α-hetero) is 1. The maximum Gasteiger partial charge on any atom is 0.418 e. The van der Waals surface area contributed by atoms with Crippen molar-refractivity contribution in [2.24, 2.45) is 0 Å². The summed E-state index contributed by atoms with van der Waals surface area (Å²) in [6.45, 7) is 0. The van der Waals surface area contributed by atoms with Gasteiger partial charge in [-0.2, -0.15) is 13.2 Å². The predicted octanol–water partition coefficient (Wildman–Crippen LogP) is 3.60. The van der Waals surface area contributed by atoms with Crippen LogP contribution in [0.4, 0.5) is 19.0 Å². The molecule has 0 aliphatic heterocycles. The molecule has 2 N–H and O–H groups in total. The highest BCUT2D eigenvalue weighted by atomic mass is 35.5. The van der Waals surface area contributed by atoms with Crippen LogP contribution in [-0.2, 0) is 12.6 Å². The van der Waals surface area contributed by atoms with Gasteiger partial charge in [0, 0.05) is 12.6 Å². The Kier molecular flexibility index (Phi) is 5.08. The van der Waals surface area contributed by atoms with Gasteiger partial charge in [-0.3, -0.25) is 9.78 Å². The summed E-state index contributed by atoms with van der Waals surface area (Å²) >= 11 is 6.00. The monoisotopic (exact) mass is 397 g/mol. The Balaban J connectivity index is 1.81. The largest absolute Gasteiger partial charge is 0.443 e. The van der Waals surface area contributed by atoms with Crippen molar-refractivity contribution in [3.05, 3.63) is 52.9 Å². The van der Waals surface area contributed by atoms with Gasteiger partial charge < -0.3 is 10.2 Å². The molecule has 140 valence electrons. The standard InChI is InChI=1S/C16H11ClF3N5O2/c17-13-12(15-23-6-7-27-15)25-14(21)11(24-13)10(26)4-3-9-8(16(18,19)20)2-1-5-22-9/h1-2,5-7H,3-4H2,(H2,21,25). The number of nitrogen functional groups attached to an aromatic ring is 1. The zero-order chi connectivity index (χ0) is 19.6. The van der Waals surface area contributed by atoms with Crippen LogP contribution >= 0.6 is 11.6 Å². The molecule has 11 heteroatoms. The van der Waals surface area contributed by atoms with Crippen LogP contribution < -0.4 is 5.73 Å². The van der Waals surface area contributed by atoms with Gasteiger partial charge in [-0.25, -0.2) is 15.0 Å². The van der Waals surface area contributed by atoms with Crippen LogP contribution in [0.25, 0.3) is 11.6 Å². The highest BCUT2D eigenvalue weighted by Crippen LogP contribution is 2.32. The van der Waals surface area contributed by atoms with E-state index in [-0.39, 0.29) is 46.8 Å². The molecule has 7 nitrogen and oxygen atoms in total. The van der Waals surface area contributed by atoms with Crippen molar-refractivity contribution >= 4 is 23.2 Å². The second-order valence-electron chi connectivity index (χ2n) is 5.35. The zero-order valence-corrected chi connectivity index (χ0v) is 14.3. The van der Waals surface area contributed by atoms with Gasteiger partial charge in [0.2, 0.25) is 5.89 Å². The summed E-state index contributed by atoms with van der Waals surface area (Å²) in [5.41, 5.74) is 4.43. The number of nitrogens with zero attached hydrogens (tertiary/aromatic N) is 4. The van der Waals surface area contributed by atoms with E-state index in [9.17, 15) is 18.0 Å². The highest BCUT2D eigenvalue weighted by molar-refractivity contribution is 6.31. The summed E-state index contributed by atoms with van der Waals surface area (Å²) in [4.78, 5) is 27.8. The Morgan fingerprint density at radius 3 is 2.67 bits per heavy atom. The molecule has 3 rings (SSSR count). The number of carbonyl (C=O) groups is 1. The molecule has 0 bridgehead atoms. The van der Waals surface area contributed by atoms with Crippen molar-refractivity contribution in [2.75, 3.05) is 5.73 Å². The fraction of sp³-hybridized carbons (Fsp3) is 0.188. The number of nitrogens with two attached hydrogens (primary N) is 1. The molecule has 0 amide bonds. The van der Waals surface area contributed by atoms with E-state index < -0.39 is 17.5 Å². The number of aryl methyl sites for hydroxylation is 1. The maximum atomic E-state index is 13.0. The molecule has 0 unspecified atom stereocenters. The average molecular weight is 398 g/mol. The lowest BCUT2D eigenvalue weighted by Gasteiger charge is -2.11. The second-order valence-corrected chi connectivity index (χ2v) is 5.71. The zero-order valence-electron chi connectivity index (χ0n) is 13.5. The Hall–Kier alpha value is -3.01. The normalized spacial score (nSPS) is 11.6. The summed E-state index contributed by atoms with van der Waals surface area (Å²) in [5.74, 6) is -0.768. The molecule has 0 atom stereocenters. The fourth-order valence-corrected chi connectivity index (χ4v) is 2.56. The van der Waals surface area contributed by atoms with E-state index in [4.69, 9.17) is 21.8 Å². The summed E-state index contributed by atoms with van der Waals surface area (Å²) in [6.07, 6.45) is -1.21. The molecule has 0 aliphatic carbocycles. The van der Waals surface area contributed by atoms with Crippen LogP contribution in [0, 0.1) is 0 Å². The number of oxazole rings is 1. The lowest BCUT2D eigenvalue weighted by molar-refractivity contribution is -0.138. The van der Waals surface area contributed by atoms with E-state index in [1.54, 1.807) is 0 Å². The quantitative estimate of drug-likeness (QED) is 0.655. The van der Waals surface area contributed by atoms with Gasteiger partial charge in [0.15, 0.2) is 22.4 Å². The van der Waals surface area contributed by atoms with Gasteiger partial charge in [-0.15, -0.1) is 0 Å². The molecule has 0 saturated heterocycles. The van der Waals surface area contributed by atoms with E-state index in [0.717, 1.165) is 6.07 Å². The average Bonchev–Trinajstić information content (AvgIpc) is 3.15. The van der Waals surface area contributed by atoms with Crippen molar-refractivity contribution in [1.29, 1.82) is 0 Å². The van der Waals surface area contributed by atoms with Gasteiger partial charge in [0.05, 0.1) is 17.5 Å². The van der Waals surface area contributed by atoms with Crippen molar-refractivity contribution in [3.8, 4) is 11.6 Å². The summed E-state index contributed by atoms with van der Waals surface area (Å²) in [6, 6.07) is 2.09. The minimum absolute atomic E-state index is 0.0554. The minimum Gasteiger partial charge on any atom is -0.443 e. The first-order valence-electron chi connectivity index (χ1n) is 7.54. The third kappa shape index (κ3) is 4.05. The number of hydrogen-bond acceptors (Lipinski definition) is 7. The van der Waals surface area contributed by atoms with Crippen LogP contribution in [-0.4, -0.2) is 25.7 Å². The smallest absolute Gasteiger partial charge is 0.418 e. The molecule has 0 spiro atoms. The van der Waals surface area contributed by atoms with Gasteiger partial charge >= 0.3 is 6.18 Å². The number of anilines is 1. The van der Waals surface area contributed by atoms with Gasteiger partial charge in [0.1, 0.15) is 12.0 Å². The lowest BCUT2D eigenvalue weighted by atomic mass is 10.1. The third-order valence-corrected chi connectivity index (χ3v) is 3.83. The first-order valence-corrected chi connectivity index (χ1v) is 7.92. The molecule has 0 aliphatic rings.